The van der Waals surface area contributed by atoms with Gasteiger partial charge in [0.15, 0.2) is 0 Å². The minimum absolute atomic E-state index is 0.590. The smallest absolute Gasteiger partial charge is 0.235 e. The van der Waals surface area contributed by atoms with E-state index in [1.807, 2.05) is 12.1 Å². The van der Waals surface area contributed by atoms with Crippen LogP contribution in [0.1, 0.15) is 22.3 Å². The maximum atomic E-state index is 6.67. The van der Waals surface area contributed by atoms with Crippen molar-refractivity contribution in [2.24, 2.45) is 0 Å². The topological polar surface area (TPSA) is 43.9 Å². The lowest BCUT2D eigenvalue weighted by Gasteiger charge is -2.31. The molecule has 4 heteroatoms. The quantitative estimate of drug-likeness (QED) is 0.177. The molecule has 59 heavy (non-hydrogen) atoms. The third-order valence-electron chi connectivity index (χ3n) is 13.2. The highest BCUT2D eigenvalue weighted by Gasteiger charge is 2.53. The Morgan fingerprint density at radius 3 is 1.76 bits per heavy atom. The van der Waals surface area contributed by atoms with E-state index >= 15 is 0 Å². The van der Waals surface area contributed by atoms with Crippen molar-refractivity contribution >= 4 is 65.4 Å². The molecular formula is C55H31N3O. The normalized spacial score (nSPS) is 13.6. The molecule has 0 fully saturated rings. The van der Waals surface area contributed by atoms with Crippen molar-refractivity contribution in [2.75, 3.05) is 0 Å². The van der Waals surface area contributed by atoms with Crippen LogP contribution >= 0.6 is 0 Å². The number of rotatable bonds is 2. The van der Waals surface area contributed by atoms with Crippen molar-refractivity contribution in [3.63, 3.8) is 0 Å². The van der Waals surface area contributed by atoms with Crippen LogP contribution < -0.4 is 0 Å². The van der Waals surface area contributed by atoms with Gasteiger partial charge in [0.25, 0.3) is 0 Å². The van der Waals surface area contributed by atoms with Gasteiger partial charge in [0.2, 0.25) is 5.95 Å². The zero-order valence-electron chi connectivity index (χ0n) is 31.6. The fraction of sp³-hybridized carbons (Fsp3) is 0.0182. The standard InChI is InChI=1S/C55H31N3O/c1-2-20-36-35(19-1)48-38-21-5-11-28-44(38)55(42-26-9-3-16-32(42)33-17-4-10-27-43(33)55)50(48)52-49(36)40-23-7-13-30-46(40)58(52)54-56-45-29-12-6-22-39(45)51(57-54)41-25-15-24-37-34-18-8-14-31-47(34)59-53(37)41/h1-31H. The van der Waals surface area contributed by atoms with Crippen molar-refractivity contribution in [3.8, 4) is 39.5 Å². The van der Waals surface area contributed by atoms with E-state index in [4.69, 9.17) is 14.4 Å². The molecular weight excluding hydrogens is 719 g/mol. The van der Waals surface area contributed by atoms with Gasteiger partial charge in [-0.05, 0) is 74.0 Å². The number of hydrogen-bond acceptors (Lipinski definition) is 3. The molecule has 12 aromatic rings. The highest BCUT2D eigenvalue weighted by molar-refractivity contribution is 6.28. The first kappa shape index (κ1) is 31.3. The second-order valence-corrected chi connectivity index (χ2v) is 15.9. The molecule has 272 valence electrons. The first-order valence-electron chi connectivity index (χ1n) is 20.3. The Morgan fingerprint density at radius 2 is 0.983 bits per heavy atom. The molecule has 0 radical (unpaired) electrons. The maximum absolute atomic E-state index is 6.67. The number of furan rings is 1. The largest absolute Gasteiger partial charge is 0.455 e. The zero-order chi connectivity index (χ0) is 38.4. The molecule has 0 aliphatic heterocycles. The molecule has 0 unspecified atom stereocenters. The van der Waals surface area contributed by atoms with Gasteiger partial charge in [0, 0.05) is 38.1 Å². The fourth-order valence-electron chi connectivity index (χ4n) is 11.0. The first-order chi connectivity index (χ1) is 29.3. The molecule has 0 amide bonds. The number of fused-ring (bicyclic) bond motifs is 21. The van der Waals surface area contributed by atoms with E-state index in [0.717, 1.165) is 55.1 Å². The second kappa shape index (κ2) is 11.2. The first-order valence-corrected chi connectivity index (χ1v) is 20.3. The predicted octanol–water partition coefficient (Wildman–Crippen LogP) is 13.8. The minimum Gasteiger partial charge on any atom is -0.455 e. The van der Waals surface area contributed by atoms with E-state index < -0.39 is 5.41 Å². The average molecular weight is 750 g/mol. The number of para-hydroxylation sites is 4. The summed E-state index contributed by atoms with van der Waals surface area (Å²) in [6, 6.07) is 68.0. The number of nitrogens with zero attached hydrogens (tertiary/aromatic N) is 3. The van der Waals surface area contributed by atoms with Gasteiger partial charge >= 0.3 is 0 Å². The summed E-state index contributed by atoms with van der Waals surface area (Å²) in [7, 11) is 0. The molecule has 2 aliphatic carbocycles. The van der Waals surface area contributed by atoms with Crippen molar-refractivity contribution in [1.29, 1.82) is 0 Å². The molecule has 3 heterocycles. The van der Waals surface area contributed by atoms with Crippen LogP contribution in [0, 0.1) is 0 Å². The van der Waals surface area contributed by atoms with Crippen LogP contribution in [0.3, 0.4) is 0 Å². The molecule has 9 aromatic carbocycles. The molecule has 0 saturated heterocycles. The van der Waals surface area contributed by atoms with Crippen LogP contribution in [-0.4, -0.2) is 14.5 Å². The number of aromatic nitrogens is 3. The zero-order valence-corrected chi connectivity index (χ0v) is 31.6. The van der Waals surface area contributed by atoms with Crippen LogP contribution in [0.25, 0.3) is 105 Å². The minimum atomic E-state index is -0.590. The molecule has 0 bridgehead atoms. The summed E-state index contributed by atoms with van der Waals surface area (Å²) in [5.41, 5.74) is 16.2. The molecule has 0 N–H and O–H groups in total. The summed E-state index contributed by atoms with van der Waals surface area (Å²) < 4.78 is 9.04. The van der Waals surface area contributed by atoms with Gasteiger partial charge in [-0.1, -0.05) is 164 Å². The third kappa shape index (κ3) is 3.80. The second-order valence-electron chi connectivity index (χ2n) is 15.9. The predicted molar refractivity (Wildman–Crippen MR) is 240 cm³/mol. The summed E-state index contributed by atoms with van der Waals surface area (Å²) in [5.74, 6) is 0.626. The molecule has 4 nitrogen and oxygen atoms in total. The Hall–Kier alpha value is -7.82. The molecule has 0 saturated carbocycles. The molecule has 2 aliphatic rings. The van der Waals surface area contributed by atoms with Gasteiger partial charge < -0.3 is 4.42 Å². The maximum Gasteiger partial charge on any atom is 0.235 e. The van der Waals surface area contributed by atoms with E-state index in [-0.39, 0.29) is 0 Å². The Balaban J connectivity index is 1.21. The van der Waals surface area contributed by atoms with Gasteiger partial charge in [0.05, 0.1) is 27.7 Å². The lowest BCUT2D eigenvalue weighted by Crippen LogP contribution is -2.26. The summed E-state index contributed by atoms with van der Waals surface area (Å²) in [5, 5.41) is 7.99. The van der Waals surface area contributed by atoms with Crippen LogP contribution in [0.2, 0.25) is 0 Å². The number of hydrogen-bond donors (Lipinski definition) is 0. The van der Waals surface area contributed by atoms with Gasteiger partial charge in [-0.25, -0.2) is 9.97 Å². The van der Waals surface area contributed by atoms with E-state index in [9.17, 15) is 0 Å². The van der Waals surface area contributed by atoms with E-state index in [1.165, 1.54) is 66.1 Å². The summed E-state index contributed by atoms with van der Waals surface area (Å²) in [6.45, 7) is 0. The van der Waals surface area contributed by atoms with Gasteiger partial charge in [0.1, 0.15) is 11.2 Å². The van der Waals surface area contributed by atoms with Crippen molar-refractivity contribution in [2.45, 2.75) is 5.41 Å². The SMILES string of the molecule is c1ccc2c(c1)-c1ccccc1C21c2ccccc2-c2c1c1c(c3ccccc23)c2ccccc2n1-c1nc(-c2cccc3c2oc2ccccc23)c2ccccc2n1. The van der Waals surface area contributed by atoms with Crippen molar-refractivity contribution < 1.29 is 4.42 Å². The monoisotopic (exact) mass is 749 g/mol. The summed E-state index contributed by atoms with van der Waals surface area (Å²) in [6.07, 6.45) is 0. The van der Waals surface area contributed by atoms with Gasteiger partial charge in [-0.2, -0.15) is 0 Å². The molecule has 14 rings (SSSR count). The van der Waals surface area contributed by atoms with Gasteiger partial charge in [-0.15, -0.1) is 0 Å². The molecule has 0 atom stereocenters. The third-order valence-corrected chi connectivity index (χ3v) is 13.2. The Bertz CT molecular complexity index is 3770. The van der Waals surface area contributed by atoms with Crippen LogP contribution in [0.15, 0.2) is 192 Å². The summed E-state index contributed by atoms with van der Waals surface area (Å²) in [4.78, 5) is 11.2. The average Bonchev–Trinajstić information content (AvgIpc) is 4.03. The Labute approximate surface area is 338 Å². The van der Waals surface area contributed by atoms with Crippen molar-refractivity contribution in [1.82, 2.24) is 14.5 Å². The molecule has 3 aromatic heterocycles. The lowest BCUT2D eigenvalue weighted by molar-refractivity contribution is 0.670. The number of benzene rings is 9. The summed E-state index contributed by atoms with van der Waals surface area (Å²) >= 11 is 0. The fourth-order valence-corrected chi connectivity index (χ4v) is 11.0. The van der Waals surface area contributed by atoms with Crippen LogP contribution in [0.4, 0.5) is 0 Å². The van der Waals surface area contributed by atoms with Crippen molar-refractivity contribution in [3.05, 3.63) is 210 Å². The van der Waals surface area contributed by atoms with E-state index in [2.05, 4.69) is 180 Å². The Morgan fingerprint density at radius 1 is 0.424 bits per heavy atom. The highest BCUT2D eigenvalue weighted by atomic mass is 16.3. The Kier molecular flexibility index (Phi) is 5.93. The highest BCUT2D eigenvalue weighted by Crippen LogP contribution is 2.66. The van der Waals surface area contributed by atoms with Gasteiger partial charge in [-0.3, -0.25) is 4.57 Å². The van der Waals surface area contributed by atoms with Crippen LogP contribution in [0.5, 0.6) is 0 Å². The van der Waals surface area contributed by atoms with Crippen LogP contribution in [-0.2, 0) is 5.41 Å². The molecule has 1 spiro atoms. The van der Waals surface area contributed by atoms with E-state index in [1.54, 1.807) is 0 Å². The van der Waals surface area contributed by atoms with E-state index in [0.29, 0.717) is 5.95 Å². The lowest BCUT2D eigenvalue weighted by atomic mass is 9.70.